The number of carboxylic acid groups (broad SMARTS) is 1. The van der Waals surface area contributed by atoms with E-state index in [1.807, 2.05) is 78.9 Å². The van der Waals surface area contributed by atoms with Crippen LogP contribution in [0.15, 0.2) is 97.2 Å². The fourth-order valence-corrected chi connectivity index (χ4v) is 4.10. The molecular formula is C28H26N2O5. The Morgan fingerprint density at radius 1 is 0.943 bits per heavy atom. The van der Waals surface area contributed by atoms with Crippen LogP contribution in [-0.2, 0) is 20.9 Å². The van der Waals surface area contributed by atoms with Crippen molar-refractivity contribution in [3.63, 3.8) is 0 Å². The summed E-state index contributed by atoms with van der Waals surface area (Å²) in [5.41, 5.74) is 3.22. The first-order chi connectivity index (χ1) is 17.0. The van der Waals surface area contributed by atoms with Crippen molar-refractivity contribution in [3.05, 3.63) is 103 Å². The molecule has 4 rings (SSSR count). The second kappa shape index (κ2) is 11.2. The van der Waals surface area contributed by atoms with Gasteiger partial charge < -0.3 is 9.84 Å². The van der Waals surface area contributed by atoms with Gasteiger partial charge >= 0.3 is 12.1 Å². The molecule has 1 aliphatic heterocycles. The van der Waals surface area contributed by atoms with Crippen molar-refractivity contribution in [2.24, 2.45) is 0 Å². The van der Waals surface area contributed by atoms with E-state index in [1.165, 1.54) is 16.0 Å². The summed E-state index contributed by atoms with van der Waals surface area (Å²) < 4.78 is 5.46. The highest BCUT2D eigenvalue weighted by Crippen LogP contribution is 2.28. The van der Waals surface area contributed by atoms with E-state index in [4.69, 9.17) is 4.74 Å². The minimum absolute atomic E-state index is 0.110. The number of amides is 2. The van der Waals surface area contributed by atoms with Gasteiger partial charge in [-0.15, -0.1) is 0 Å². The Bertz CT molecular complexity index is 1210. The minimum atomic E-state index is -1.17. The van der Waals surface area contributed by atoms with Gasteiger partial charge in [-0.3, -0.25) is 14.6 Å². The number of rotatable bonds is 7. The van der Waals surface area contributed by atoms with E-state index in [1.54, 1.807) is 6.07 Å². The lowest BCUT2D eigenvalue weighted by molar-refractivity contribution is -0.131. The molecule has 0 bridgehead atoms. The fourth-order valence-electron chi connectivity index (χ4n) is 4.10. The van der Waals surface area contributed by atoms with E-state index in [-0.39, 0.29) is 12.5 Å². The Hall–Kier alpha value is -4.39. The van der Waals surface area contributed by atoms with Crippen LogP contribution in [0, 0.1) is 0 Å². The van der Waals surface area contributed by atoms with Crippen LogP contribution < -0.4 is 4.90 Å². The number of anilines is 1. The van der Waals surface area contributed by atoms with E-state index in [2.05, 4.69) is 0 Å². The highest BCUT2D eigenvalue weighted by Gasteiger charge is 2.37. The molecule has 35 heavy (non-hydrogen) atoms. The van der Waals surface area contributed by atoms with Crippen LogP contribution in [0.25, 0.3) is 11.1 Å². The van der Waals surface area contributed by atoms with Crippen molar-refractivity contribution < 1.29 is 24.2 Å². The normalized spacial score (nSPS) is 15.2. The highest BCUT2D eigenvalue weighted by molar-refractivity contribution is 6.01. The molecule has 3 aromatic carbocycles. The van der Waals surface area contributed by atoms with E-state index >= 15 is 0 Å². The number of likely N-dealkylation sites (tertiary alicyclic amines) is 1. The third kappa shape index (κ3) is 5.95. The zero-order valence-electron chi connectivity index (χ0n) is 19.1. The molecule has 1 N–H and O–H groups in total. The summed E-state index contributed by atoms with van der Waals surface area (Å²) in [5.74, 6) is -1.56. The van der Waals surface area contributed by atoms with Crippen molar-refractivity contribution in [3.8, 4) is 11.1 Å². The molecule has 0 aromatic heterocycles. The van der Waals surface area contributed by atoms with Crippen LogP contribution in [0.1, 0.15) is 18.4 Å². The largest absolute Gasteiger partial charge is 0.478 e. The van der Waals surface area contributed by atoms with Gasteiger partial charge in [-0.1, -0.05) is 72.8 Å². The van der Waals surface area contributed by atoms with Crippen molar-refractivity contribution >= 4 is 23.7 Å². The Morgan fingerprint density at radius 3 is 2.34 bits per heavy atom. The number of benzene rings is 3. The van der Waals surface area contributed by atoms with Crippen LogP contribution in [0.4, 0.5) is 10.5 Å². The SMILES string of the molecule is O=C(O)C=CN(C(=O)C1CCCN1C(=O)OCc1ccccc1)c1cccc(-c2ccccc2)c1. The molecule has 0 spiro atoms. The quantitative estimate of drug-likeness (QED) is 0.486. The summed E-state index contributed by atoms with van der Waals surface area (Å²) >= 11 is 0. The molecule has 1 aliphatic rings. The molecule has 1 fully saturated rings. The van der Waals surface area contributed by atoms with Crippen LogP contribution in [-0.4, -0.2) is 40.6 Å². The summed E-state index contributed by atoms with van der Waals surface area (Å²) in [4.78, 5) is 40.4. The molecule has 0 radical (unpaired) electrons. The van der Waals surface area contributed by atoms with Gasteiger partial charge in [0.15, 0.2) is 0 Å². The van der Waals surface area contributed by atoms with Crippen LogP contribution in [0.2, 0.25) is 0 Å². The third-order valence-electron chi connectivity index (χ3n) is 5.81. The van der Waals surface area contributed by atoms with Crippen molar-refractivity contribution in [1.82, 2.24) is 4.90 Å². The van der Waals surface area contributed by atoms with Gasteiger partial charge in [-0.05, 0) is 41.7 Å². The number of hydrogen-bond acceptors (Lipinski definition) is 4. The average Bonchev–Trinajstić information content (AvgIpc) is 3.39. The van der Waals surface area contributed by atoms with E-state index < -0.39 is 18.1 Å². The molecular weight excluding hydrogens is 444 g/mol. The van der Waals surface area contributed by atoms with E-state index in [0.717, 1.165) is 22.8 Å². The molecule has 1 saturated heterocycles. The number of ether oxygens (including phenoxy) is 1. The molecule has 7 heteroatoms. The number of aliphatic carboxylic acids is 1. The maximum atomic E-state index is 13.6. The fraction of sp³-hybridized carbons (Fsp3) is 0.179. The Kier molecular flexibility index (Phi) is 7.57. The maximum Gasteiger partial charge on any atom is 0.410 e. The van der Waals surface area contributed by atoms with Gasteiger partial charge in [0, 0.05) is 24.5 Å². The zero-order chi connectivity index (χ0) is 24.6. The first-order valence-corrected chi connectivity index (χ1v) is 11.4. The molecule has 7 nitrogen and oxygen atoms in total. The Balaban J connectivity index is 1.56. The lowest BCUT2D eigenvalue weighted by atomic mass is 10.0. The molecule has 1 heterocycles. The van der Waals surface area contributed by atoms with Crippen molar-refractivity contribution in [1.29, 1.82) is 0 Å². The number of nitrogens with zero attached hydrogens (tertiary/aromatic N) is 2. The molecule has 178 valence electrons. The first kappa shape index (κ1) is 23.8. The van der Waals surface area contributed by atoms with Gasteiger partial charge in [0.1, 0.15) is 12.6 Å². The summed E-state index contributed by atoms with van der Waals surface area (Å²) in [6, 6.07) is 25.6. The first-order valence-electron chi connectivity index (χ1n) is 11.4. The molecule has 1 atom stereocenters. The third-order valence-corrected chi connectivity index (χ3v) is 5.81. The molecule has 0 aliphatic carbocycles. The van der Waals surface area contributed by atoms with Crippen molar-refractivity contribution in [2.45, 2.75) is 25.5 Å². The summed E-state index contributed by atoms with van der Waals surface area (Å²) in [7, 11) is 0. The van der Waals surface area contributed by atoms with Gasteiger partial charge in [0.25, 0.3) is 5.91 Å². The molecule has 1 unspecified atom stereocenters. The maximum absolute atomic E-state index is 13.6. The van der Waals surface area contributed by atoms with Gasteiger partial charge in [0.05, 0.1) is 0 Å². The van der Waals surface area contributed by atoms with Crippen LogP contribution in [0.3, 0.4) is 0 Å². The number of carbonyl (C=O) groups is 3. The Labute approximate surface area is 203 Å². The lowest BCUT2D eigenvalue weighted by Crippen LogP contribution is -2.46. The lowest BCUT2D eigenvalue weighted by Gasteiger charge is -2.28. The topological polar surface area (TPSA) is 87.2 Å². The summed E-state index contributed by atoms with van der Waals surface area (Å²) in [6.45, 7) is 0.503. The molecule has 2 amide bonds. The standard InChI is InChI=1S/C28H26N2O5/c31-26(32)16-18-29(24-14-7-13-23(19-24)22-11-5-2-6-12-22)27(33)25-15-8-17-30(25)28(34)35-20-21-9-3-1-4-10-21/h1-7,9-14,16,18-19,25H,8,15,17,20H2,(H,31,32). The van der Waals surface area contributed by atoms with Gasteiger partial charge in [-0.2, -0.15) is 0 Å². The minimum Gasteiger partial charge on any atom is -0.478 e. The average molecular weight is 471 g/mol. The van der Waals surface area contributed by atoms with E-state index in [9.17, 15) is 19.5 Å². The summed E-state index contributed by atoms with van der Waals surface area (Å²) in [5, 5.41) is 9.20. The summed E-state index contributed by atoms with van der Waals surface area (Å²) in [6.07, 6.45) is 2.71. The highest BCUT2D eigenvalue weighted by atomic mass is 16.6. The monoisotopic (exact) mass is 470 g/mol. The van der Waals surface area contributed by atoms with Crippen molar-refractivity contribution in [2.75, 3.05) is 11.4 Å². The number of carboxylic acids is 1. The predicted molar refractivity (Wildman–Crippen MR) is 132 cm³/mol. The predicted octanol–water partition coefficient (Wildman–Crippen LogP) is 5.09. The number of carbonyl (C=O) groups excluding carboxylic acids is 2. The molecule has 0 saturated carbocycles. The molecule has 3 aromatic rings. The smallest absolute Gasteiger partial charge is 0.410 e. The number of hydrogen-bond donors (Lipinski definition) is 1. The second-order valence-electron chi connectivity index (χ2n) is 8.17. The second-order valence-corrected chi connectivity index (χ2v) is 8.17. The Morgan fingerprint density at radius 2 is 1.63 bits per heavy atom. The van der Waals surface area contributed by atoms with Gasteiger partial charge in [0.2, 0.25) is 0 Å². The zero-order valence-corrected chi connectivity index (χ0v) is 19.1. The van der Waals surface area contributed by atoms with E-state index in [0.29, 0.717) is 25.1 Å². The van der Waals surface area contributed by atoms with Gasteiger partial charge in [-0.25, -0.2) is 9.59 Å². The van der Waals surface area contributed by atoms with Crippen LogP contribution >= 0.6 is 0 Å². The van der Waals surface area contributed by atoms with Crippen LogP contribution in [0.5, 0.6) is 0 Å².